The van der Waals surface area contributed by atoms with E-state index in [0.29, 0.717) is 0 Å². The Labute approximate surface area is 125 Å². The minimum atomic E-state index is -0.647. The number of hydrogen-bond donors (Lipinski definition) is 1. The van der Waals surface area contributed by atoms with Crippen molar-refractivity contribution in [3.63, 3.8) is 0 Å². The molecule has 4 nitrogen and oxygen atoms in total. The average Bonchev–Trinajstić information content (AvgIpc) is 3.11. The number of hydrogen-bond acceptors (Lipinski definition) is 3. The van der Waals surface area contributed by atoms with E-state index in [4.69, 9.17) is 0 Å². The zero-order valence-corrected chi connectivity index (χ0v) is 11.6. The Balaban J connectivity index is 1.92. The van der Waals surface area contributed by atoms with Gasteiger partial charge in [-0.3, -0.25) is 4.98 Å². The van der Waals surface area contributed by atoms with Crippen LogP contribution in [0, 0.1) is 11.6 Å². The van der Waals surface area contributed by atoms with Gasteiger partial charge in [-0.1, -0.05) is 6.07 Å². The van der Waals surface area contributed by atoms with Crippen LogP contribution < -0.4 is 5.32 Å². The van der Waals surface area contributed by atoms with Crippen molar-refractivity contribution in [3.05, 3.63) is 59.8 Å². The molecule has 3 aromatic rings. The van der Waals surface area contributed by atoms with Crippen LogP contribution >= 0.6 is 0 Å². The summed E-state index contributed by atoms with van der Waals surface area (Å²) in [7, 11) is 0. The predicted molar refractivity (Wildman–Crippen MR) is 78.9 cm³/mol. The maximum Gasteiger partial charge on any atom is 0.151 e. The van der Waals surface area contributed by atoms with Gasteiger partial charge in [-0.2, -0.15) is 5.10 Å². The highest BCUT2D eigenvalue weighted by Crippen LogP contribution is 2.34. The maximum atomic E-state index is 14.1. The maximum absolute atomic E-state index is 14.1. The van der Waals surface area contributed by atoms with E-state index >= 15 is 0 Å². The van der Waals surface area contributed by atoms with Crippen LogP contribution in [0.1, 0.15) is 5.56 Å². The number of nitrogens with one attached hydrogen (secondary N) is 1. The van der Waals surface area contributed by atoms with Crippen LogP contribution in [0.25, 0.3) is 17.1 Å². The van der Waals surface area contributed by atoms with Gasteiger partial charge in [-0.25, -0.2) is 13.5 Å². The summed E-state index contributed by atoms with van der Waals surface area (Å²) in [5.74, 6) is -0.513. The van der Waals surface area contributed by atoms with Gasteiger partial charge in [-0.15, -0.1) is 0 Å². The van der Waals surface area contributed by atoms with Crippen molar-refractivity contribution >= 4 is 5.82 Å². The summed E-state index contributed by atoms with van der Waals surface area (Å²) in [6, 6.07) is 9.06. The van der Waals surface area contributed by atoms with Gasteiger partial charge in [0.1, 0.15) is 23.0 Å². The molecule has 3 heterocycles. The fourth-order valence-electron chi connectivity index (χ4n) is 2.71. The molecule has 0 aliphatic carbocycles. The van der Waals surface area contributed by atoms with Crippen molar-refractivity contribution in [1.29, 1.82) is 0 Å². The summed E-state index contributed by atoms with van der Waals surface area (Å²) >= 11 is 0. The van der Waals surface area contributed by atoms with E-state index in [-0.39, 0.29) is 5.69 Å². The van der Waals surface area contributed by atoms with E-state index in [1.54, 1.807) is 6.20 Å². The van der Waals surface area contributed by atoms with Crippen LogP contribution in [-0.4, -0.2) is 21.3 Å². The molecule has 0 spiro atoms. The van der Waals surface area contributed by atoms with Gasteiger partial charge in [0, 0.05) is 24.4 Å². The largest absolute Gasteiger partial charge is 0.369 e. The van der Waals surface area contributed by atoms with Gasteiger partial charge in [0.25, 0.3) is 0 Å². The lowest BCUT2D eigenvalue weighted by molar-refractivity contribution is 0.574. The third-order valence-corrected chi connectivity index (χ3v) is 3.70. The quantitative estimate of drug-likeness (QED) is 0.790. The van der Waals surface area contributed by atoms with E-state index in [1.807, 2.05) is 18.2 Å². The molecule has 1 aliphatic heterocycles. The summed E-state index contributed by atoms with van der Waals surface area (Å²) in [5, 5.41) is 7.70. The van der Waals surface area contributed by atoms with E-state index in [0.717, 1.165) is 41.8 Å². The number of fused-ring (bicyclic) bond motifs is 1. The van der Waals surface area contributed by atoms with Crippen LogP contribution in [-0.2, 0) is 6.42 Å². The predicted octanol–water partition coefficient (Wildman–Crippen LogP) is 3.18. The Morgan fingerprint density at radius 3 is 2.82 bits per heavy atom. The number of rotatable bonds is 2. The van der Waals surface area contributed by atoms with Crippen LogP contribution in [0.4, 0.5) is 14.6 Å². The molecule has 0 amide bonds. The third kappa shape index (κ3) is 1.95. The lowest BCUT2D eigenvalue weighted by Crippen LogP contribution is -2.06. The van der Waals surface area contributed by atoms with Crippen LogP contribution in [0.5, 0.6) is 0 Å². The van der Waals surface area contributed by atoms with Gasteiger partial charge in [-0.05, 0) is 30.7 Å². The second-order valence-corrected chi connectivity index (χ2v) is 5.08. The molecule has 0 fully saturated rings. The van der Waals surface area contributed by atoms with Gasteiger partial charge < -0.3 is 5.32 Å². The lowest BCUT2D eigenvalue weighted by atomic mass is 10.1. The Hall–Kier alpha value is -2.76. The van der Waals surface area contributed by atoms with Gasteiger partial charge in [0.2, 0.25) is 0 Å². The first-order valence-electron chi connectivity index (χ1n) is 6.96. The Kier molecular flexibility index (Phi) is 2.89. The molecule has 22 heavy (non-hydrogen) atoms. The lowest BCUT2D eigenvalue weighted by Gasteiger charge is -2.07. The summed E-state index contributed by atoms with van der Waals surface area (Å²) in [6.07, 6.45) is 2.49. The molecule has 0 bridgehead atoms. The van der Waals surface area contributed by atoms with Gasteiger partial charge in [0.05, 0.1) is 5.69 Å². The topological polar surface area (TPSA) is 42.7 Å². The molecule has 1 aliphatic rings. The molecule has 1 N–H and O–H groups in total. The van der Waals surface area contributed by atoms with Gasteiger partial charge in [0.15, 0.2) is 5.82 Å². The first-order chi connectivity index (χ1) is 10.7. The SMILES string of the molecule is Fc1ccc(-n2nc(-c3ccccn3)c3c2NCC3)c(F)c1. The van der Waals surface area contributed by atoms with Crippen molar-refractivity contribution in [2.75, 3.05) is 11.9 Å². The monoisotopic (exact) mass is 298 g/mol. The zero-order chi connectivity index (χ0) is 15.1. The number of aromatic nitrogens is 3. The number of pyridine rings is 1. The third-order valence-electron chi connectivity index (χ3n) is 3.70. The van der Waals surface area contributed by atoms with Crippen molar-refractivity contribution in [2.24, 2.45) is 0 Å². The van der Waals surface area contributed by atoms with E-state index in [2.05, 4.69) is 15.4 Å². The average molecular weight is 298 g/mol. The Bertz CT molecular complexity index is 843. The smallest absolute Gasteiger partial charge is 0.151 e. The molecule has 0 saturated heterocycles. The normalized spacial score (nSPS) is 13.0. The molecule has 4 rings (SSSR count). The zero-order valence-electron chi connectivity index (χ0n) is 11.6. The highest BCUT2D eigenvalue weighted by molar-refractivity contribution is 5.70. The number of anilines is 1. The van der Waals surface area contributed by atoms with Crippen molar-refractivity contribution in [3.8, 4) is 17.1 Å². The number of nitrogens with zero attached hydrogens (tertiary/aromatic N) is 3. The molecule has 0 radical (unpaired) electrons. The molecule has 0 saturated carbocycles. The molecule has 0 atom stereocenters. The standard InChI is InChI=1S/C16H12F2N4/c17-10-4-5-14(12(18)9-10)22-16-11(6-8-20-16)15(21-22)13-3-1-2-7-19-13/h1-5,7,9,20H,6,8H2. The van der Waals surface area contributed by atoms with Crippen molar-refractivity contribution in [2.45, 2.75) is 6.42 Å². The first-order valence-corrected chi connectivity index (χ1v) is 6.96. The number of benzene rings is 1. The summed E-state index contributed by atoms with van der Waals surface area (Å²) in [6.45, 7) is 0.760. The molecular weight excluding hydrogens is 286 g/mol. The van der Waals surface area contributed by atoms with Crippen LogP contribution in [0.3, 0.4) is 0 Å². The van der Waals surface area contributed by atoms with Crippen molar-refractivity contribution < 1.29 is 8.78 Å². The highest BCUT2D eigenvalue weighted by atomic mass is 19.1. The van der Waals surface area contributed by atoms with Crippen LogP contribution in [0.2, 0.25) is 0 Å². The van der Waals surface area contributed by atoms with E-state index in [9.17, 15) is 8.78 Å². The molecule has 6 heteroatoms. The summed E-state index contributed by atoms with van der Waals surface area (Å²) < 4.78 is 28.7. The highest BCUT2D eigenvalue weighted by Gasteiger charge is 2.25. The second kappa shape index (κ2) is 4.91. The van der Waals surface area contributed by atoms with Gasteiger partial charge >= 0.3 is 0 Å². The molecule has 2 aromatic heterocycles. The Morgan fingerprint density at radius 2 is 2.05 bits per heavy atom. The fourth-order valence-corrected chi connectivity index (χ4v) is 2.71. The first kappa shape index (κ1) is 12.9. The molecular formula is C16H12F2N4. The number of halogens is 2. The van der Waals surface area contributed by atoms with Crippen molar-refractivity contribution in [1.82, 2.24) is 14.8 Å². The second-order valence-electron chi connectivity index (χ2n) is 5.08. The van der Waals surface area contributed by atoms with E-state index < -0.39 is 11.6 Å². The molecule has 110 valence electrons. The minimum Gasteiger partial charge on any atom is -0.369 e. The summed E-state index contributed by atoms with van der Waals surface area (Å²) in [5.41, 5.74) is 2.68. The van der Waals surface area contributed by atoms with Crippen LogP contribution in [0.15, 0.2) is 42.6 Å². The molecule has 0 unspecified atom stereocenters. The summed E-state index contributed by atoms with van der Waals surface area (Å²) in [4.78, 5) is 4.31. The molecule has 1 aromatic carbocycles. The fraction of sp³-hybridized carbons (Fsp3) is 0.125. The van der Waals surface area contributed by atoms with E-state index in [1.165, 1.54) is 16.8 Å². The minimum absolute atomic E-state index is 0.217. The Morgan fingerprint density at radius 1 is 1.14 bits per heavy atom.